The number of carboxylic acids is 1. The molecule has 30 heavy (non-hydrogen) atoms. The molecular weight excluding hydrogens is 425 g/mol. The third kappa shape index (κ3) is 5.23. The molecule has 0 saturated carbocycles. The fraction of sp³-hybridized carbons (Fsp3) is 0.217. The van der Waals surface area contributed by atoms with Gasteiger partial charge in [-0.1, -0.05) is 53.6 Å². The van der Waals surface area contributed by atoms with Crippen LogP contribution in [-0.4, -0.2) is 15.6 Å². The zero-order valence-corrected chi connectivity index (χ0v) is 17.9. The first-order chi connectivity index (χ1) is 14.4. The van der Waals surface area contributed by atoms with Gasteiger partial charge >= 0.3 is 5.97 Å². The van der Waals surface area contributed by atoms with Crippen LogP contribution in [0.2, 0.25) is 10.0 Å². The molecule has 5 nitrogen and oxygen atoms in total. The smallest absolute Gasteiger partial charge is 0.335 e. The molecule has 2 aromatic rings. The summed E-state index contributed by atoms with van der Waals surface area (Å²) < 4.78 is 7.49. The molecule has 0 aliphatic heterocycles. The first kappa shape index (κ1) is 21.9. The molecule has 156 valence electrons. The number of pyridine rings is 1. The highest BCUT2D eigenvalue weighted by Crippen LogP contribution is 2.23. The largest absolute Gasteiger partial charge is 0.487 e. The summed E-state index contributed by atoms with van der Waals surface area (Å²) >= 11 is 12.5. The van der Waals surface area contributed by atoms with Gasteiger partial charge in [0, 0.05) is 6.54 Å². The lowest BCUT2D eigenvalue weighted by molar-refractivity contribution is 0.0697. The molecule has 1 aromatic carbocycles. The molecule has 1 N–H and O–H groups in total. The number of aromatic carboxylic acids is 1. The summed E-state index contributed by atoms with van der Waals surface area (Å²) in [4.78, 5) is 23.7. The molecule has 1 aliphatic rings. The quantitative estimate of drug-likeness (QED) is 0.618. The van der Waals surface area contributed by atoms with Crippen molar-refractivity contribution in [3.63, 3.8) is 0 Å². The third-order valence-electron chi connectivity index (χ3n) is 4.83. The zero-order chi connectivity index (χ0) is 21.7. The molecule has 1 aliphatic carbocycles. The number of carboxylic acid groups (broad SMARTS) is 1. The molecule has 0 saturated heterocycles. The van der Waals surface area contributed by atoms with E-state index >= 15 is 0 Å². The van der Waals surface area contributed by atoms with Gasteiger partial charge in [-0.05, 0) is 55.2 Å². The van der Waals surface area contributed by atoms with Crippen LogP contribution in [0.4, 0.5) is 0 Å². The Bertz CT molecular complexity index is 1100. The molecule has 0 unspecified atom stereocenters. The number of aromatic nitrogens is 1. The number of halogens is 2. The van der Waals surface area contributed by atoms with E-state index in [1.165, 1.54) is 22.8 Å². The normalized spacial score (nSPS) is 13.4. The van der Waals surface area contributed by atoms with Gasteiger partial charge in [0.15, 0.2) is 0 Å². The molecular formula is C23H21Cl2NO4. The van der Waals surface area contributed by atoms with Crippen LogP contribution in [0.1, 0.15) is 35.0 Å². The minimum Gasteiger partial charge on any atom is -0.487 e. The third-order valence-corrected chi connectivity index (χ3v) is 5.43. The van der Waals surface area contributed by atoms with Crippen molar-refractivity contribution in [1.82, 2.24) is 4.57 Å². The minimum atomic E-state index is -0.980. The van der Waals surface area contributed by atoms with Gasteiger partial charge in [0.2, 0.25) is 0 Å². The van der Waals surface area contributed by atoms with E-state index in [0.717, 1.165) is 23.3 Å². The van der Waals surface area contributed by atoms with Crippen LogP contribution in [0, 0.1) is 0 Å². The van der Waals surface area contributed by atoms with Crippen molar-refractivity contribution in [2.75, 3.05) is 0 Å². The van der Waals surface area contributed by atoms with Crippen LogP contribution in [0.3, 0.4) is 0 Å². The van der Waals surface area contributed by atoms with E-state index in [9.17, 15) is 9.59 Å². The average Bonchev–Trinajstić information content (AvgIpc) is 2.93. The lowest BCUT2D eigenvalue weighted by atomic mass is 10.1. The standard InChI is InChI=1S/C23H21Cl2NO4/c1-15-5-3-2-4-6-21(15)30-14-20-18(24)13-19(25)22(27)26(20)12-11-16-7-9-17(10-8-16)23(28)29/h2-4,6-10,13H,5,11-12,14H2,1H3,(H,28,29). The fourth-order valence-corrected chi connectivity index (χ4v) is 3.63. The van der Waals surface area contributed by atoms with Gasteiger partial charge in [-0.2, -0.15) is 0 Å². The van der Waals surface area contributed by atoms with E-state index < -0.39 is 5.97 Å². The number of allylic oxidation sites excluding steroid dienone is 5. The molecule has 0 atom stereocenters. The maximum atomic E-state index is 12.7. The van der Waals surface area contributed by atoms with Crippen LogP contribution >= 0.6 is 23.2 Å². The Hall–Kier alpha value is -2.76. The first-order valence-electron chi connectivity index (χ1n) is 9.42. The van der Waals surface area contributed by atoms with Crippen molar-refractivity contribution < 1.29 is 14.6 Å². The highest BCUT2D eigenvalue weighted by atomic mass is 35.5. The number of carbonyl (C=O) groups is 1. The Kier molecular flexibility index (Phi) is 7.19. The Morgan fingerprint density at radius 3 is 2.60 bits per heavy atom. The average molecular weight is 446 g/mol. The lowest BCUT2D eigenvalue weighted by Crippen LogP contribution is -2.26. The summed E-state index contributed by atoms with van der Waals surface area (Å²) in [7, 11) is 0. The summed E-state index contributed by atoms with van der Waals surface area (Å²) in [6.45, 7) is 2.45. The van der Waals surface area contributed by atoms with Gasteiger partial charge in [0.05, 0.1) is 16.3 Å². The van der Waals surface area contributed by atoms with Gasteiger partial charge in [0.25, 0.3) is 5.56 Å². The highest BCUT2D eigenvalue weighted by molar-refractivity contribution is 6.34. The maximum Gasteiger partial charge on any atom is 0.335 e. The van der Waals surface area contributed by atoms with E-state index in [-0.39, 0.29) is 22.8 Å². The van der Waals surface area contributed by atoms with Crippen molar-refractivity contribution in [2.24, 2.45) is 0 Å². The summed E-state index contributed by atoms with van der Waals surface area (Å²) in [6, 6.07) is 7.98. The molecule has 3 rings (SSSR count). The highest BCUT2D eigenvalue weighted by Gasteiger charge is 2.15. The van der Waals surface area contributed by atoms with E-state index in [1.807, 2.05) is 31.2 Å². The van der Waals surface area contributed by atoms with Gasteiger partial charge in [-0.25, -0.2) is 4.79 Å². The van der Waals surface area contributed by atoms with Gasteiger partial charge < -0.3 is 14.4 Å². The van der Waals surface area contributed by atoms with Crippen LogP contribution in [0.25, 0.3) is 0 Å². The second-order valence-corrected chi connectivity index (χ2v) is 7.73. The van der Waals surface area contributed by atoms with Crippen molar-refractivity contribution in [3.05, 3.63) is 103 Å². The van der Waals surface area contributed by atoms with E-state index in [2.05, 4.69) is 0 Å². The SMILES string of the molecule is CC1=C(OCc2c(Cl)cc(Cl)c(=O)n2CCc2ccc(C(=O)O)cc2)C=CC=CC1. The molecule has 0 fully saturated rings. The molecule has 0 radical (unpaired) electrons. The van der Waals surface area contributed by atoms with Crippen LogP contribution in [0.15, 0.2) is 70.8 Å². The van der Waals surface area contributed by atoms with E-state index in [4.69, 9.17) is 33.0 Å². The molecule has 0 spiro atoms. The lowest BCUT2D eigenvalue weighted by Gasteiger charge is -2.17. The van der Waals surface area contributed by atoms with Crippen LogP contribution in [0.5, 0.6) is 0 Å². The summed E-state index contributed by atoms with van der Waals surface area (Å²) in [5, 5.41) is 9.42. The van der Waals surface area contributed by atoms with Gasteiger partial charge in [0.1, 0.15) is 17.4 Å². The number of ether oxygens (including phenoxy) is 1. The van der Waals surface area contributed by atoms with Crippen molar-refractivity contribution >= 4 is 29.2 Å². The predicted molar refractivity (Wildman–Crippen MR) is 118 cm³/mol. The van der Waals surface area contributed by atoms with Crippen molar-refractivity contribution in [2.45, 2.75) is 32.9 Å². The Labute approximate surface area is 184 Å². The second-order valence-electron chi connectivity index (χ2n) is 6.92. The van der Waals surface area contributed by atoms with E-state index in [1.54, 1.807) is 12.1 Å². The second kappa shape index (κ2) is 9.83. The number of hydrogen-bond donors (Lipinski definition) is 1. The minimum absolute atomic E-state index is 0.0407. The summed E-state index contributed by atoms with van der Waals surface area (Å²) in [6.07, 6.45) is 9.09. The Balaban J connectivity index is 1.83. The van der Waals surface area contributed by atoms with Crippen LogP contribution in [-0.2, 0) is 24.3 Å². The Morgan fingerprint density at radius 1 is 1.17 bits per heavy atom. The first-order valence-corrected chi connectivity index (χ1v) is 10.2. The van der Waals surface area contributed by atoms with Crippen molar-refractivity contribution in [1.29, 1.82) is 0 Å². The number of rotatable bonds is 7. The fourth-order valence-electron chi connectivity index (χ4n) is 3.10. The maximum absolute atomic E-state index is 12.7. The number of aryl methyl sites for hydroxylation is 1. The summed E-state index contributed by atoms with van der Waals surface area (Å²) in [5.41, 5.74) is 2.39. The monoisotopic (exact) mass is 445 g/mol. The summed E-state index contributed by atoms with van der Waals surface area (Å²) in [5.74, 6) is -0.236. The van der Waals surface area contributed by atoms with Gasteiger partial charge in [-0.15, -0.1) is 0 Å². The number of hydrogen-bond acceptors (Lipinski definition) is 3. The van der Waals surface area contributed by atoms with Gasteiger partial charge in [-0.3, -0.25) is 4.79 Å². The topological polar surface area (TPSA) is 68.5 Å². The predicted octanol–water partition coefficient (Wildman–Crippen LogP) is 5.40. The number of nitrogens with zero attached hydrogens (tertiary/aromatic N) is 1. The molecule has 1 aromatic heterocycles. The molecule has 1 heterocycles. The van der Waals surface area contributed by atoms with E-state index in [0.29, 0.717) is 23.7 Å². The molecule has 0 bridgehead atoms. The Morgan fingerprint density at radius 2 is 1.90 bits per heavy atom. The number of benzene rings is 1. The van der Waals surface area contributed by atoms with Crippen molar-refractivity contribution in [3.8, 4) is 0 Å². The van der Waals surface area contributed by atoms with Crippen LogP contribution < -0.4 is 5.56 Å². The molecule has 0 amide bonds. The molecule has 7 heteroatoms. The zero-order valence-electron chi connectivity index (χ0n) is 16.4.